The molecule has 0 spiro atoms. The third-order valence-electron chi connectivity index (χ3n) is 3.52. The molecule has 2 atom stereocenters. The van der Waals surface area contributed by atoms with Crippen LogP contribution >= 0.6 is 0 Å². The molecule has 1 aromatic carbocycles. The Labute approximate surface area is 120 Å². The van der Waals surface area contributed by atoms with Gasteiger partial charge in [-0.1, -0.05) is 30.3 Å². The van der Waals surface area contributed by atoms with Gasteiger partial charge in [-0.25, -0.2) is 4.79 Å². The van der Waals surface area contributed by atoms with Crippen LogP contribution in [0.3, 0.4) is 0 Å². The first-order valence-corrected chi connectivity index (χ1v) is 7.33. The number of carbonyl (C=O) groups is 1. The molecule has 0 unspecified atom stereocenters. The Morgan fingerprint density at radius 1 is 1.45 bits per heavy atom. The van der Waals surface area contributed by atoms with Crippen molar-refractivity contribution in [3.05, 3.63) is 35.9 Å². The molecule has 1 aliphatic heterocycles. The Bertz CT molecular complexity index is 401. The highest BCUT2D eigenvalue weighted by Crippen LogP contribution is 2.17. The number of rotatable bonds is 6. The Hall–Kier alpha value is -1.55. The third kappa shape index (κ3) is 5.21. The monoisotopic (exact) mass is 277 g/mol. The van der Waals surface area contributed by atoms with Gasteiger partial charge in [-0.2, -0.15) is 0 Å². The Morgan fingerprint density at radius 3 is 2.95 bits per heavy atom. The normalized spacial score (nSPS) is 19.6. The maximum absolute atomic E-state index is 11.7. The maximum atomic E-state index is 11.7. The van der Waals surface area contributed by atoms with Crippen LogP contribution in [0.2, 0.25) is 0 Å². The minimum absolute atomic E-state index is 0.113. The van der Waals surface area contributed by atoms with Crippen LogP contribution in [0.4, 0.5) is 4.79 Å². The molecule has 1 heterocycles. The number of hydrogen-bond donors (Lipinski definition) is 1. The number of ether oxygens (including phenoxy) is 2. The minimum atomic E-state index is -0.353. The van der Waals surface area contributed by atoms with Gasteiger partial charge in [-0.3, -0.25) is 0 Å². The second kappa shape index (κ2) is 7.90. The van der Waals surface area contributed by atoms with E-state index in [1.54, 1.807) is 0 Å². The Balaban J connectivity index is 1.60. The summed E-state index contributed by atoms with van der Waals surface area (Å²) < 4.78 is 10.8. The van der Waals surface area contributed by atoms with Crippen LogP contribution in [-0.2, 0) is 16.1 Å². The first kappa shape index (κ1) is 14.9. The van der Waals surface area contributed by atoms with Crippen molar-refractivity contribution in [3.63, 3.8) is 0 Å². The van der Waals surface area contributed by atoms with Crippen molar-refractivity contribution >= 4 is 6.09 Å². The molecule has 0 saturated carbocycles. The fourth-order valence-corrected chi connectivity index (χ4v) is 2.35. The zero-order chi connectivity index (χ0) is 14.2. The van der Waals surface area contributed by atoms with E-state index in [4.69, 9.17) is 9.47 Å². The van der Waals surface area contributed by atoms with Crippen molar-refractivity contribution in [2.75, 3.05) is 6.61 Å². The number of hydrogen-bond acceptors (Lipinski definition) is 3. The lowest BCUT2D eigenvalue weighted by molar-refractivity contribution is 0.0984. The van der Waals surface area contributed by atoms with Crippen LogP contribution in [0.15, 0.2) is 30.3 Å². The van der Waals surface area contributed by atoms with Gasteiger partial charge >= 0.3 is 6.09 Å². The summed E-state index contributed by atoms with van der Waals surface area (Å²) in [5.74, 6) is 0. The van der Waals surface area contributed by atoms with Gasteiger partial charge < -0.3 is 14.8 Å². The van der Waals surface area contributed by atoms with Crippen molar-refractivity contribution in [1.29, 1.82) is 0 Å². The molecule has 1 aliphatic rings. The summed E-state index contributed by atoms with van der Waals surface area (Å²) >= 11 is 0. The van der Waals surface area contributed by atoms with Gasteiger partial charge in [0.05, 0.1) is 6.10 Å². The smallest absolute Gasteiger partial charge is 0.407 e. The highest BCUT2D eigenvalue weighted by Gasteiger charge is 2.17. The lowest BCUT2D eigenvalue weighted by Gasteiger charge is -2.16. The molecule has 20 heavy (non-hydrogen) atoms. The van der Waals surface area contributed by atoms with E-state index in [2.05, 4.69) is 5.32 Å². The van der Waals surface area contributed by atoms with Crippen LogP contribution in [-0.4, -0.2) is 24.8 Å². The standard InChI is InChI=1S/C16H23NO3/c1-13(9-10-15-8-5-11-19-15)17-16(18)20-12-14-6-3-2-4-7-14/h2-4,6-7,13,15H,5,8-12H2,1H3,(H,17,18)/t13-,15+/m1/s1. The molecule has 0 bridgehead atoms. The van der Waals surface area contributed by atoms with Crippen molar-refractivity contribution in [2.45, 2.75) is 51.4 Å². The second-order valence-electron chi connectivity index (χ2n) is 5.32. The summed E-state index contributed by atoms with van der Waals surface area (Å²) in [5, 5.41) is 2.86. The van der Waals surface area contributed by atoms with E-state index in [9.17, 15) is 4.79 Å². The Kier molecular flexibility index (Phi) is 5.87. The van der Waals surface area contributed by atoms with Crippen LogP contribution in [0, 0.1) is 0 Å². The highest BCUT2D eigenvalue weighted by atomic mass is 16.5. The molecular weight excluding hydrogens is 254 g/mol. The van der Waals surface area contributed by atoms with Crippen molar-refractivity contribution in [3.8, 4) is 0 Å². The fourth-order valence-electron chi connectivity index (χ4n) is 2.35. The number of amides is 1. The lowest BCUT2D eigenvalue weighted by atomic mass is 10.1. The van der Waals surface area contributed by atoms with E-state index in [1.807, 2.05) is 37.3 Å². The summed E-state index contributed by atoms with van der Waals surface area (Å²) in [6, 6.07) is 9.79. The van der Waals surface area contributed by atoms with E-state index in [-0.39, 0.29) is 12.1 Å². The third-order valence-corrected chi connectivity index (χ3v) is 3.52. The highest BCUT2D eigenvalue weighted by molar-refractivity contribution is 5.67. The number of benzene rings is 1. The average Bonchev–Trinajstić information content (AvgIpc) is 2.97. The summed E-state index contributed by atoms with van der Waals surface area (Å²) in [5.41, 5.74) is 0.995. The SMILES string of the molecule is C[C@H](CC[C@@H]1CCCO1)NC(=O)OCc1ccccc1. The van der Waals surface area contributed by atoms with E-state index < -0.39 is 0 Å². The molecule has 0 aliphatic carbocycles. The van der Waals surface area contributed by atoms with Gasteiger partial charge in [0, 0.05) is 12.6 Å². The molecule has 1 fully saturated rings. The van der Waals surface area contributed by atoms with Gasteiger partial charge in [0.2, 0.25) is 0 Å². The van der Waals surface area contributed by atoms with Gasteiger partial charge in [0.15, 0.2) is 0 Å². The number of nitrogens with one attached hydrogen (secondary N) is 1. The average molecular weight is 277 g/mol. The summed E-state index contributed by atoms with van der Waals surface area (Å²) in [4.78, 5) is 11.7. The van der Waals surface area contributed by atoms with Gasteiger partial charge in [-0.05, 0) is 38.2 Å². The molecule has 1 saturated heterocycles. The number of alkyl carbamates (subject to hydrolysis) is 1. The molecule has 0 aromatic heterocycles. The van der Waals surface area contributed by atoms with Crippen molar-refractivity contribution < 1.29 is 14.3 Å². The molecule has 4 heteroatoms. The predicted octanol–water partition coefficient (Wildman–Crippen LogP) is 3.26. The maximum Gasteiger partial charge on any atom is 0.407 e. The van der Waals surface area contributed by atoms with Crippen LogP contribution in [0.25, 0.3) is 0 Å². The van der Waals surface area contributed by atoms with E-state index in [0.717, 1.165) is 37.9 Å². The summed E-state index contributed by atoms with van der Waals surface area (Å²) in [7, 11) is 0. The van der Waals surface area contributed by atoms with Gasteiger partial charge in [0.25, 0.3) is 0 Å². The van der Waals surface area contributed by atoms with E-state index in [0.29, 0.717) is 12.7 Å². The molecule has 110 valence electrons. The largest absolute Gasteiger partial charge is 0.445 e. The Morgan fingerprint density at radius 2 is 2.25 bits per heavy atom. The van der Waals surface area contributed by atoms with Gasteiger partial charge in [-0.15, -0.1) is 0 Å². The molecular formula is C16H23NO3. The van der Waals surface area contributed by atoms with E-state index in [1.165, 1.54) is 0 Å². The lowest BCUT2D eigenvalue weighted by Crippen LogP contribution is -2.33. The number of carbonyl (C=O) groups excluding carboxylic acids is 1. The minimum Gasteiger partial charge on any atom is -0.445 e. The summed E-state index contributed by atoms with van der Waals surface area (Å²) in [6.45, 7) is 3.19. The molecule has 0 radical (unpaired) electrons. The molecule has 2 rings (SSSR count). The first-order valence-electron chi connectivity index (χ1n) is 7.33. The van der Waals surface area contributed by atoms with Gasteiger partial charge in [0.1, 0.15) is 6.61 Å². The summed E-state index contributed by atoms with van der Waals surface area (Å²) in [6.07, 6.45) is 4.25. The van der Waals surface area contributed by atoms with Crippen molar-refractivity contribution in [2.24, 2.45) is 0 Å². The fraction of sp³-hybridized carbons (Fsp3) is 0.562. The quantitative estimate of drug-likeness (QED) is 0.868. The topological polar surface area (TPSA) is 47.6 Å². The second-order valence-corrected chi connectivity index (χ2v) is 5.32. The first-order chi connectivity index (χ1) is 9.74. The molecule has 1 aromatic rings. The van der Waals surface area contributed by atoms with Crippen LogP contribution in [0.5, 0.6) is 0 Å². The zero-order valence-corrected chi connectivity index (χ0v) is 12.0. The molecule has 4 nitrogen and oxygen atoms in total. The molecule has 1 amide bonds. The zero-order valence-electron chi connectivity index (χ0n) is 12.0. The van der Waals surface area contributed by atoms with Crippen LogP contribution in [0.1, 0.15) is 38.2 Å². The predicted molar refractivity (Wildman–Crippen MR) is 77.4 cm³/mol. The molecule has 1 N–H and O–H groups in total. The van der Waals surface area contributed by atoms with E-state index >= 15 is 0 Å². The van der Waals surface area contributed by atoms with Crippen LogP contribution < -0.4 is 5.32 Å². The van der Waals surface area contributed by atoms with Crippen molar-refractivity contribution in [1.82, 2.24) is 5.32 Å².